The highest BCUT2D eigenvalue weighted by atomic mass is 79.9. The molecule has 0 saturated carbocycles. The van der Waals surface area contributed by atoms with Gasteiger partial charge >= 0.3 is 0 Å². The topological polar surface area (TPSA) is 61.9 Å². The van der Waals surface area contributed by atoms with Gasteiger partial charge in [-0.1, -0.05) is 12.1 Å². The number of para-hydroxylation sites is 1. The van der Waals surface area contributed by atoms with Gasteiger partial charge in [-0.2, -0.15) is 0 Å². The van der Waals surface area contributed by atoms with Crippen LogP contribution in [0.2, 0.25) is 0 Å². The molecule has 1 fully saturated rings. The minimum Gasteiger partial charge on any atom is -0.490 e. The first-order valence-corrected chi connectivity index (χ1v) is 10.5. The number of amides is 2. The van der Waals surface area contributed by atoms with Gasteiger partial charge in [0.2, 0.25) is 0 Å². The molecule has 1 aliphatic rings. The number of piperazine rings is 1. The number of hydrogen-bond donors (Lipinski definition) is 1. The number of benzene rings is 2. The van der Waals surface area contributed by atoms with Crippen molar-refractivity contribution in [2.45, 2.75) is 20.0 Å². The van der Waals surface area contributed by atoms with Crippen molar-refractivity contribution in [2.24, 2.45) is 0 Å². The van der Waals surface area contributed by atoms with Crippen LogP contribution in [-0.2, 0) is 0 Å². The monoisotopic (exact) mass is 459 g/mol. The predicted octanol–water partition coefficient (Wildman–Crippen LogP) is 3.88. The van der Waals surface area contributed by atoms with E-state index >= 15 is 0 Å². The van der Waals surface area contributed by atoms with Crippen LogP contribution in [0, 0.1) is 0 Å². The van der Waals surface area contributed by atoms with Crippen LogP contribution >= 0.6 is 15.9 Å². The summed E-state index contributed by atoms with van der Waals surface area (Å²) in [5.41, 5.74) is 1.50. The maximum Gasteiger partial charge on any atom is 0.256 e. The third-order valence-electron chi connectivity index (χ3n) is 4.75. The maximum atomic E-state index is 13.0. The number of anilines is 1. The van der Waals surface area contributed by atoms with Crippen molar-refractivity contribution in [3.05, 3.63) is 58.1 Å². The lowest BCUT2D eigenvalue weighted by atomic mass is 10.1. The molecule has 29 heavy (non-hydrogen) atoms. The number of likely N-dealkylation sites (N-methyl/N-ethyl adjacent to an activating group) is 1. The molecule has 0 spiro atoms. The second kappa shape index (κ2) is 9.41. The van der Waals surface area contributed by atoms with Gasteiger partial charge in [-0.25, -0.2) is 0 Å². The molecule has 0 aliphatic carbocycles. The van der Waals surface area contributed by atoms with E-state index in [9.17, 15) is 9.59 Å². The van der Waals surface area contributed by atoms with Gasteiger partial charge in [0.1, 0.15) is 5.75 Å². The third-order valence-corrected chi connectivity index (χ3v) is 5.37. The lowest BCUT2D eigenvalue weighted by Gasteiger charge is -2.32. The van der Waals surface area contributed by atoms with Crippen molar-refractivity contribution in [3.63, 3.8) is 0 Å². The van der Waals surface area contributed by atoms with Crippen LogP contribution < -0.4 is 10.1 Å². The van der Waals surface area contributed by atoms with E-state index in [0.29, 0.717) is 40.1 Å². The Bertz CT molecular complexity index is 893. The first-order chi connectivity index (χ1) is 13.8. The number of nitrogens with zero attached hydrogens (tertiary/aromatic N) is 2. The highest BCUT2D eigenvalue weighted by Crippen LogP contribution is 2.27. The zero-order chi connectivity index (χ0) is 21.0. The fraction of sp³-hybridized carbons (Fsp3) is 0.364. The Kier molecular flexibility index (Phi) is 6.92. The van der Waals surface area contributed by atoms with Crippen LogP contribution in [0.3, 0.4) is 0 Å². The molecule has 3 rings (SSSR count). The average molecular weight is 460 g/mol. The molecule has 0 atom stereocenters. The summed E-state index contributed by atoms with van der Waals surface area (Å²) in [7, 11) is 2.05. The number of hydrogen-bond acceptors (Lipinski definition) is 4. The van der Waals surface area contributed by atoms with Crippen LogP contribution in [-0.4, -0.2) is 60.9 Å². The predicted molar refractivity (Wildman–Crippen MR) is 118 cm³/mol. The van der Waals surface area contributed by atoms with Crippen molar-refractivity contribution >= 4 is 33.4 Å². The third kappa shape index (κ3) is 5.36. The molecule has 1 N–H and O–H groups in total. The van der Waals surface area contributed by atoms with Gasteiger partial charge in [0.15, 0.2) is 0 Å². The molecule has 0 unspecified atom stereocenters. The summed E-state index contributed by atoms with van der Waals surface area (Å²) in [4.78, 5) is 29.8. The van der Waals surface area contributed by atoms with Gasteiger partial charge in [0, 0.05) is 31.7 Å². The first kappa shape index (κ1) is 21.3. The SMILES string of the molecule is CC(C)Oc1ccc(C(=O)Nc2ccccc2C(=O)N2CCN(C)CC2)cc1Br. The Labute approximate surface area is 180 Å². The molecule has 2 aromatic carbocycles. The average Bonchev–Trinajstić information content (AvgIpc) is 2.69. The van der Waals surface area contributed by atoms with Crippen molar-refractivity contribution < 1.29 is 14.3 Å². The normalized spacial score (nSPS) is 14.7. The summed E-state index contributed by atoms with van der Waals surface area (Å²) in [5, 5.41) is 2.88. The van der Waals surface area contributed by atoms with Crippen LogP contribution in [0.5, 0.6) is 5.75 Å². The van der Waals surface area contributed by atoms with E-state index in [1.165, 1.54) is 0 Å². The summed E-state index contributed by atoms with van der Waals surface area (Å²) in [6.45, 7) is 6.95. The van der Waals surface area contributed by atoms with Gasteiger partial charge in [0.25, 0.3) is 11.8 Å². The number of carbonyl (C=O) groups is 2. The molecule has 2 amide bonds. The van der Waals surface area contributed by atoms with Crippen molar-refractivity contribution in [1.82, 2.24) is 9.80 Å². The Morgan fingerprint density at radius 3 is 2.41 bits per heavy atom. The molecule has 1 aliphatic heterocycles. The summed E-state index contributed by atoms with van der Waals surface area (Å²) in [6.07, 6.45) is 0.0402. The number of rotatable bonds is 5. The molecule has 154 valence electrons. The van der Waals surface area contributed by atoms with E-state index < -0.39 is 0 Å². The summed E-state index contributed by atoms with van der Waals surface area (Å²) < 4.78 is 6.40. The van der Waals surface area contributed by atoms with E-state index in [4.69, 9.17) is 4.74 Å². The molecule has 0 radical (unpaired) electrons. The quantitative estimate of drug-likeness (QED) is 0.736. The minimum atomic E-state index is -0.277. The van der Waals surface area contributed by atoms with Crippen LogP contribution in [0.25, 0.3) is 0 Å². The second-order valence-electron chi connectivity index (χ2n) is 7.41. The minimum absolute atomic E-state index is 0.0402. The second-order valence-corrected chi connectivity index (χ2v) is 8.26. The highest BCUT2D eigenvalue weighted by molar-refractivity contribution is 9.10. The summed E-state index contributed by atoms with van der Waals surface area (Å²) in [5.74, 6) is 0.346. The largest absolute Gasteiger partial charge is 0.490 e. The van der Waals surface area contributed by atoms with Crippen LogP contribution in [0.15, 0.2) is 46.9 Å². The number of nitrogens with one attached hydrogen (secondary N) is 1. The molecule has 6 nitrogen and oxygen atoms in total. The lowest BCUT2D eigenvalue weighted by Crippen LogP contribution is -2.47. The van der Waals surface area contributed by atoms with E-state index in [0.717, 1.165) is 13.1 Å². The van der Waals surface area contributed by atoms with E-state index in [1.54, 1.807) is 30.3 Å². The van der Waals surface area contributed by atoms with Crippen molar-refractivity contribution in [1.29, 1.82) is 0 Å². The van der Waals surface area contributed by atoms with Crippen molar-refractivity contribution in [3.8, 4) is 5.75 Å². The molecule has 1 saturated heterocycles. The molecule has 1 heterocycles. The van der Waals surface area contributed by atoms with E-state index in [2.05, 4.69) is 26.1 Å². The van der Waals surface area contributed by atoms with Gasteiger partial charge in [-0.05, 0) is 67.2 Å². The zero-order valence-corrected chi connectivity index (χ0v) is 18.5. The summed E-state index contributed by atoms with van der Waals surface area (Å²) in [6, 6.07) is 12.3. The molecule has 2 aromatic rings. The molecule has 7 heteroatoms. The van der Waals surface area contributed by atoms with Crippen molar-refractivity contribution in [2.75, 3.05) is 38.5 Å². The maximum absolute atomic E-state index is 13.0. The number of carbonyl (C=O) groups excluding carboxylic acids is 2. The first-order valence-electron chi connectivity index (χ1n) is 9.69. The Morgan fingerprint density at radius 1 is 1.07 bits per heavy atom. The molecular formula is C22H26BrN3O3. The number of ether oxygens (including phenoxy) is 1. The van der Waals surface area contributed by atoms with Crippen LogP contribution in [0.1, 0.15) is 34.6 Å². The molecule has 0 aromatic heterocycles. The standard InChI is InChI=1S/C22H26BrN3O3/c1-15(2)29-20-9-8-16(14-18(20)23)21(27)24-19-7-5-4-6-17(19)22(28)26-12-10-25(3)11-13-26/h4-9,14-15H,10-13H2,1-3H3,(H,24,27). The highest BCUT2D eigenvalue weighted by Gasteiger charge is 2.23. The van der Waals surface area contributed by atoms with Gasteiger partial charge in [0.05, 0.1) is 21.8 Å². The number of halogens is 1. The summed E-state index contributed by atoms with van der Waals surface area (Å²) >= 11 is 3.45. The smallest absolute Gasteiger partial charge is 0.256 e. The Hall–Kier alpha value is -2.38. The van der Waals surface area contributed by atoms with E-state index in [-0.39, 0.29) is 17.9 Å². The van der Waals surface area contributed by atoms with E-state index in [1.807, 2.05) is 37.9 Å². The lowest BCUT2D eigenvalue weighted by molar-refractivity contribution is 0.0665. The molecular weight excluding hydrogens is 434 g/mol. The fourth-order valence-electron chi connectivity index (χ4n) is 3.14. The molecule has 0 bridgehead atoms. The van der Waals surface area contributed by atoms with Gasteiger partial charge in [-0.3, -0.25) is 9.59 Å². The fourth-order valence-corrected chi connectivity index (χ4v) is 3.62. The van der Waals surface area contributed by atoms with Crippen LogP contribution in [0.4, 0.5) is 5.69 Å². The Balaban J connectivity index is 1.76. The Morgan fingerprint density at radius 2 is 1.76 bits per heavy atom. The van der Waals surface area contributed by atoms with Gasteiger partial charge < -0.3 is 19.9 Å². The van der Waals surface area contributed by atoms with Gasteiger partial charge in [-0.15, -0.1) is 0 Å². The zero-order valence-electron chi connectivity index (χ0n) is 16.9.